The topological polar surface area (TPSA) is 28.2 Å². The predicted octanol–water partition coefficient (Wildman–Crippen LogP) is 0.875. The second-order valence-electron chi connectivity index (χ2n) is 3.95. The highest BCUT2D eigenvalue weighted by molar-refractivity contribution is 5.03. The quantitative estimate of drug-likeness (QED) is 0.768. The van der Waals surface area contributed by atoms with Crippen LogP contribution in [0.4, 0.5) is 0 Å². The fraction of sp³-hybridized carbons (Fsp3) is 0.545. The minimum atomic E-state index is 0.641. The van der Waals surface area contributed by atoms with E-state index in [9.17, 15) is 0 Å². The molecule has 0 saturated carbocycles. The Morgan fingerprint density at radius 1 is 1.57 bits per heavy atom. The lowest BCUT2D eigenvalue weighted by Gasteiger charge is -2.11. The Morgan fingerprint density at radius 3 is 3.14 bits per heavy atom. The Balaban J connectivity index is 1.78. The van der Waals surface area contributed by atoms with E-state index in [1.54, 1.807) is 0 Å². The second kappa shape index (κ2) is 4.53. The molecule has 1 saturated heterocycles. The van der Waals surface area contributed by atoms with Gasteiger partial charge in [-0.3, -0.25) is 4.98 Å². The summed E-state index contributed by atoms with van der Waals surface area (Å²) < 4.78 is 0. The van der Waals surface area contributed by atoms with Crippen LogP contribution in [0.2, 0.25) is 0 Å². The lowest BCUT2D eigenvalue weighted by atomic mass is 10.2. The minimum Gasteiger partial charge on any atom is -0.307 e. The summed E-state index contributed by atoms with van der Waals surface area (Å²) in [6, 6.07) is 6.69. The number of aromatic nitrogens is 1. The summed E-state index contributed by atoms with van der Waals surface area (Å²) in [4.78, 5) is 6.64. The van der Waals surface area contributed by atoms with Gasteiger partial charge in [0, 0.05) is 25.3 Å². The maximum atomic E-state index is 4.28. The van der Waals surface area contributed by atoms with Crippen LogP contribution >= 0.6 is 0 Å². The SMILES string of the molecule is CN1CCC(NCc2ccccn2)C1. The summed E-state index contributed by atoms with van der Waals surface area (Å²) in [5.74, 6) is 0. The lowest BCUT2D eigenvalue weighted by molar-refractivity contribution is 0.397. The van der Waals surface area contributed by atoms with Gasteiger partial charge in [-0.15, -0.1) is 0 Å². The zero-order chi connectivity index (χ0) is 9.80. The number of nitrogens with zero attached hydrogens (tertiary/aromatic N) is 2. The second-order valence-corrected chi connectivity index (χ2v) is 3.95. The Bertz CT molecular complexity index is 273. The van der Waals surface area contributed by atoms with Gasteiger partial charge in [0.05, 0.1) is 5.69 Å². The van der Waals surface area contributed by atoms with Gasteiger partial charge < -0.3 is 10.2 Å². The molecule has 1 fully saturated rings. The first kappa shape index (κ1) is 9.62. The highest BCUT2D eigenvalue weighted by Crippen LogP contribution is 2.06. The third kappa shape index (κ3) is 2.53. The van der Waals surface area contributed by atoms with Gasteiger partial charge in [0.1, 0.15) is 0 Å². The molecule has 0 amide bonds. The Labute approximate surface area is 85.1 Å². The van der Waals surface area contributed by atoms with Gasteiger partial charge in [0.15, 0.2) is 0 Å². The first-order valence-electron chi connectivity index (χ1n) is 5.16. The van der Waals surface area contributed by atoms with Crippen molar-refractivity contribution in [2.24, 2.45) is 0 Å². The minimum absolute atomic E-state index is 0.641. The van der Waals surface area contributed by atoms with Gasteiger partial charge in [-0.1, -0.05) is 6.07 Å². The normalized spacial score (nSPS) is 22.8. The van der Waals surface area contributed by atoms with Crippen LogP contribution in [0.5, 0.6) is 0 Å². The van der Waals surface area contributed by atoms with Crippen LogP contribution in [-0.4, -0.2) is 36.1 Å². The van der Waals surface area contributed by atoms with Crippen LogP contribution < -0.4 is 5.32 Å². The Morgan fingerprint density at radius 2 is 2.50 bits per heavy atom. The first-order valence-corrected chi connectivity index (χ1v) is 5.16. The average molecular weight is 191 g/mol. The Hall–Kier alpha value is -0.930. The molecule has 14 heavy (non-hydrogen) atoms. The molecule has 1 N–H and O–H groups in total. The van der Waals surface area contributed by atoms with Gasteiger partial charge in [0.2, 0.25) is 0 Å². The molecule has 2 heterocycles. The lowest BCUT2D eigenvalue weighted by Crippen LogP contribution is -2.31. The number of hydrogen-bond acceptors (Lipinski definition) is 3. The van der Waals surface area contributed by atoms with E-state index in [4.69, 9.17) is 0 Å². The van der Waals surface area contributed by atoms with E-state index in [0.29, 0.717) is 6.04 Å². The van der Waals surface area contributed by atoms with Crippen molar-refractivity contribution in [1.82, 2.24) is 15.2 Å². The number of nitrogens with one attached hydrogen (secondary N) is 1. The molecule has 3 nitrogen and oxygen atoms in total. The molecule has 76 valence electrons. The fourth-order valence-corrected chi connectivity index (χ4v) is 1.85. The molecule has 1 aromatic heterocycles. The molecule has 0 radical (unpaired) electrons. The third-order valence-corrected chi connectivity index (χ3v) is 2.69. The Kier molecular flexibility index (Phi) is 3.11. The van der Waals surface area contributed by atoms with E-state index in [1.807, 2.05) is 18.3 Å². The summed E-state index contributed by atoms with van der Waals surface area (Å²) in [5.41, 5.74) is 1.13. The number of rotatable bonds is 3. The maximum absolute atomic E-state index is 4.28. The third-order valence-electron chi connectivity index (χ3n) is 2.69. The fourth-order valence-electron chi connectivity index (χ4n) is 1.85. The molecular weight excluding hydrogens is 174 g/mol. The van der Waals surface area contributed by atoms with Crippen LogP contribution in [0.15, 0.2) is 24.4 Å². The molecule has 0 bridgehead atoms. The molecule has 1 aromatic rings. The highest BCUT2D eigenvalue weighted by Gasteiger charge is 2.18. The van der Waals surface area contributed by atoms with Crippen molar-refractivity contribution in [3.05, 3.63) is 30.1 Å². The van der Waals surface area contributed by atoms with Gasteiger partial charge in [-0.05, 0) is 32.1 Å². The van der Waals surface area contributed by atoms with Crippen LogP contribution in [-0.2, 0) is 6.54 Å². The molecule has 1 aliphatic heterocycles. The molecule has 0 spiro atoms. The van der Waals surface area contributed by atoms with Gasteiger partial charge in [0.25, 0.3) is 0 Å². The van der Waals surface area contributed by atoms with Crippen molar-refractivity contribution in [2.75, 3.05) is 20.1 Å². The van der Waals surface area contributed by atoms with E-state index in [-0.39, 0.29) is 0 Å². The molecule has 2 rings (SSSR count). The van der Waals surface area contributed by atoms with E-state index >= 15 is 0 Å². The molecule has 0 aromatic carbocycles. The number of likely N-dealkylation sites (N-methyl/N-ethyl adjacent to an activating group) is 1. The van der Waals surface area contributed by atoms with Crippen LogP contribution in [0.25, 0.3) is 0 Å². The van der Waals surface area contributed by atoms with Gasteiger partial charge in [-0.2, -0.15) is 0 Å². The molecule has 1 unspecified atom stereocenters. The van der Waals surface area contributed by atoms with E-state index < -0.39 is 0 Å². The molecule has 0 aliphatic carbocycles. The molecular formula is C11H17N3. The van der Waals surface area contributed by atoms with Crippen LogP contribution in [0, 0.1) is 0 Å². The first-order chi connectivity index (χ1) is 6.84. The molecule has 1 atom stereocenters. The van der Waals surface area contributed by atoms with Crippen molar-refractivity contribution in [3.8, 4) is 0 Å². The predicted molar refractivity (Wildman–Crippen MR) is 57.0 cm³/mol. The number of pyridine rings is 1. The molecule has 3 heteroatoms. The van der Waals surface area contributed by atoms with Crippen molar-refractivity contribution < 1.29 is 0 Å². The molecule has 1 aliphatic rings. The van der Waals surface area contributed by atoms with Crippen molar-refractivity contribution in [2.45, 2.75) is 19.0 Å². The number of hydrogen-bond donors (Lipinski definition) is 1. The van der Waals surface area contributed by atoms with Crippen molar-refractivity contribution in [1.29, 1.82) is 0 Å². The summed E-state index contributed by atoms with van der Waals surface area (Å²) in [6.45, 7) is 3.26. The summed E-state index contributed by atoms with van der Waals surface area (Å²) in [7, 11) is 2.17. The maximum Gasteiger partial charge on any atom is 0.0541 e. The van der Waals surface area contributed by atoms with Gasteiger partial charge >= 0.3 is 0 Å². The van der Waals surface area contributed by atoms with Crippen LogP contribution in [0.1, 0.15) is 12.1 Å². The summed E-state index contributed by atoms with van der Waals surface area (Å²) >= 11 is 0. The van der Waals surface area contributed by atoms with E-state index in [1.165, 1.54) is 13.0 Å². The highest BCUT2D eigenvalue weighted by atomic mass is 15.2. The average Bonchev–Trinajstić information content (AvgIpc) is 2.63. The monoisotopic (exact) mass is 191 g/mol. The zero-order valence-corrected chi connectivity index (χ0v) is 8.61. The summed E-state index contributed by atoms with van der Waals surface area (Å²) in [6.07, 6.45) is 3.10. The summed E-state index contributed by atoms with van der Waals surface area (Å²) in [5, 5.41) is 3.52. The smallest absolute Gasteiger partial charge is 0.0541 e. The van der Waals surface area contributed by atoms with Crippen molar-refractivity contribution >= 4 is 0 Å². The van der Waals surface area contributed by atoms with Gasteiger partial charge in [-0.25, -0.2) is 0 Å². The van der Waals surface area contributed by atoms with E-state index in [0.717, 1.165) is 18.8 Å². The largest absolute Gasteiger partial charge is 0.307 e. The van der Waals surface area contributed by atoms with Crippen LogP contribution in [0.3, 0.4) is 0 Å². The van der Waals surface area contributed by atoms with E-state index in [2.05, 4.69) is 28.3 Å². The zero-order valence-electron chi connectivity index (χ0n) is 8.61. The standard InChI is InChI=1S/C11H17N3/c1-14-7-5-11(9-14)13-8-10-4-2-3-6-12-10/h2-4,6,11,13H,5,7-9H2,1H3. The van der Waals surface area contributed by atoms with Crippen molar-refractivity contribution in [3.63, 3.8) is 0 Å². The number of likely N-dealkylation sites (tertiary alicyclic amines) is 1.